The molecule has 1 amide bonds. The second-order valence-electron chi connectivity index (χ2n) is 4.93. The van der Waals surface area contributed by atoms with Crippen LogP contribution < -0.4 is 0 Å². The van der Waals surface area contributed by atoms with Crippen LogP contribution in [0, 0.1) is 5.82 Å². The van der Waals surface area contributed by atoms with Crippen LogP contribution in [-0.4, -0.2) is 53.5 Å². The highest BCUT2D eigenvalue weighted by molar-refractivity contribution is 5.94. The number of nitrogens with zero attached hydrogens (tertiary/aromatic N) is 2. The fourth-order valence-electron chi connectivity index (χ4n) is 2.28. The van der Waals surface area contributed by atoms with Gasteiger partial charge in [0.2, 0.25) is 0 Å². The largest absolute Gasteiger partial charge is 0.508 e. The lowest BCUT2D eigenvalue weighted by Gasteiger charge is -2.24. The fraction of sp³-hybridized carbons (Fsp3) is 0.562. The number of hydrogen-bond donors (Lipinski definition) is 1. The van der Waals surface area contributed by atoms with Gasteiger partial charge < -0.3 is 14.9 Å². The molecule has 0 aliphatic carbocycles. The Labute approximate surface area is 126 Å². The van der Waals surface area contributed by atoms with Gasteiger partial charge in [-0.3, -0.25) is 4.79 Å². The maximum atomic E-state index is 13.7. The molecule has 0 saturated carbocycles. The van der Waals surface area contributed by atoms with Gasteiger partial charge in [-0.05, 0) is 45.1 Å². The van der Waals surface area contributed by atoms with E-state index in [0.29, 0.717) is 13.1 Å². The van der Waals surface area contributed by atoms with Gasteiger partial charge in [0.25, 0.3) is 5.91 Å². The normalized spacial score (nSPS) is 10.9. The average Bonchev–Trinajstić information content (AvgIpc) is 2.47. The monoisotopic (exact) mass is 296 g/mol. The number of phenols is 1. The van der Waals surface area contributed by atoms with Crippen molar-refractivity contribution in [1.82, 2.24) is 9.80 Å². The van der Waals surface area contributed by atoms with E-state index in [-0.39, 0.29) is 17.2 Å². The summed E-state index contributed by atoms with van der Waals surface area (Å²) in [6.45, 7) is 10.1. The van der Waals surface area contributed by atoms with Crippen molar-refractivity contribution < 1.29 is 14.3 Å². The Morgan fingerprint density at radius 1 is 1.14 bits per heavy atom. The molecule has 0 fully saturated rings. The number of carbonyl (C=O) groups excluding carboxylic acids is 1. The molecule has 0 aromatic heterocycles. The van der Waals surface area contributed by atoms with E-state index in [9.17, 15) is 14.3 Å². The molecule has 0 aliphatic heterocycles. The quantitative estimate of drug-likeness (QED) is 0.802. The van der Waals surface area contributed by atoms with E-state index in [4.69, 9.17) is 0 Å². The first kappa shape index (κ1) is 17.4. The van der Waals surface area contributed by atoms with Crippen LogP contribution in [0.5, 0.6) is 5.75 Å². The maximum absolute atomic E-state index is 13.7. The SMILES string of the molecule is CCN(CC)CCCN(CC)C(=O)c1ccc(O)cc1F. The Kier molecular flexibility index (Phi) is 7.15. The van der Waals surface area contributed by atoms with Crippen LogP contribution in [0.25, 0.3) is 0 Å². The predicted octanol–water partition coefficient (Wildman–Crippen LogP) is 2.73. The minimum Gasteiger partial charge on any atom is -0.508 e. The van der Waals surface area contributed by atoms with E-state index < -0.39 is 5.82 Å². The molecule has 1 rings (SSSR count). The summed E-state index contributed by atoms with van der Waals surface area (Å²) < 4.78 is 13.7. The molecular weight excluding hydrogens is 271 g/mol. The number of carbonyl (C=O) groups is 1. The van der Waals surface area contributed by atoms with Crippen LogP contribution in [-0.2, 0) is 0 Å². The maximum Gasteiger partial charge on any atom is 0.256 e. The molecule has 0 radical (unpaired) electrons. The summed E-state index contributed by atoms with van der Waals surface area (Å²) in [7, 11) is 0. The lowest BCUT2D eigenvalue weighted by atomic mass is 10.1. The summed E-state index contributed by atoms with van der Waals surface area (Å²) >= 11 is 0. The van der Waals surface area contributed by atoms with E-state index in [2.05, 4.69) is 18.7 Å². The third kappa shape index (κ3) is 5.01. The lowest BCUT2D eigenvalue weighted by Crippen LogP contribution is -2.34. The zero-order valence-corrected chi connectivity index (χ0v) is 13.1. The van der Waals surface area contributed by atoms with Crippen molar-refractivity contribution in [3.8, 4) is 5.75 Å². The number of hydrogen-bond acceptors (Lipinski definition) is 3. The zero-order valence-electron chi connectivity index (χ0n) is 13.1. The third-order valence-corrected chi connectivity index (χ3v) is 3.65. The average molecular weight is 296 g/mol. The summed E-state index contributed by atoms with van der Waals surface area (Å²) in [4.78, 5) is 16.2. The van der Waals surface area contributed by atoms with Crippen LogP contribution >= 0.6 is 0 Å². The van der Waals surface area contributed by atoms with Gasteiger partial charge in [0.15, 0.2) is 0 Å². The van der Waals surface area contributed by atoms with E-state index in [1.165, 1.54) is 12.1 Å². The topological polar surface area (TPSA) is 43.8 Å². The number of aromatic hydroxyl groups is 1. The molecule has 21 heavy (non-hydrogen) atoms. The standard InChI is InChI=1S/C16H25FN2O2/c1-4-18(5-2)10-7-11-19(6-3)16(21)14-9-8-13(20)12-15(14)17/h8-9,12,20H,4-7,10-11H2,1-3H3. The van der Waals surface area contributed by atoms with E-state index >= 15 is 0 Å². The van der Waals surface area contributed by atoms with E-state index in [1.54, 1.807) is 4.90 Å². The van der Waals surface area contributed by atoms with Crippen molar-refractivity contribution in [3.63, 3.8) is 0 Å². The Morgan fingerprint density at radius 3 is 2.33 bits per heavy atom. The van der Waals surface area contributed by atoms with Crippen LogP contribution in [0.4, 0.5) is 4.39 Å². The van der Waals surface area contributed by atoms with Crippen molar-refractivity contribution in [2.24, 2.45) is 0 Å². The van der Waals surface area contributed by atoms with Gasteiger partial charge >= 0.3 is 0 Å². The zero-order chi connectivity index (χ0) is 15.8. The third-order valence-electron chi connectivity index (χ3n) is 3.65. The lowest BCUT2D eigenvalue weighted by molar-refractivity contribution is 0.0752. The number of halogens is 1. The molecule has 0 aliphatic rings. The van der Waals surface area contributed by atoms with Gasteiger partial charge in [0.05, 0.1) is 5.56 Å². The van der Waals surface area contributed by atoms with Crippen molar-refractivity contribution in [2.75, 3.05) is 32.7 Å². The van der Waals surface area contributed by atoms with Gasteiger partial charge in [-0.15, -0.1) is 0 Å². The molecule has 0 unspecified atom stereocenters. The molecule has 118 valence electrons. The molecule has 0 saturated heterocycles. The molecule has 0 bridgehead atoms. The van der Waals surface area contributed by atoms with Gasteiger partial charge in [0.1, 0.15) is 11.6 Å². The highest BCUT2D eigenvalue weighted by Crippen LogP contribution is 2.17. The summed E-state index contributed by atoms with van der Waals surface area (Å²) in [5.74, 6) is -1.18. The summed E-state index contributed by atoms with van der Waals surface area (Å²) in [6, 6.07) is 3.64. The van der Waals surface area contributed by atoms with Crippen molar-refractivity contribution in [3.05, 3.63) is 29.6 Å². The first-order valence-corrected chi connectivity index (χ1v) is 7.53. The molecule has 0 spiro atoms. The van der Waals surface area contributed by atoms with Gasteiger partial charge in [-0.1, -0.05) is 13.8 Å². The summed E-state index contributed by atoms with van der Waals surface area (Å²) in [5, 5.41) is 9.20. The second kappa shape index (κ2) is 8.62. The van der Waals surface area contributed by atoms with Crippen molar-refractivity contribution in [1.29, 1.82) is 0 Å². The minimum absolute atomic E-state index is 0.0116. The second-order valence-corrected chi connectivity index (χ2v) is 4.93. The molecule has 1 aromatic carbocycles. The summed E-state index contributed by atoms with van der Waals surface area (Å²) in [5.41, 5.74) is 0.0116. The van der Waals surface area contributed by atoms with Crippen molar-refractivity contribution in [2.45, 2.75) is 27.2 Å². The smallest absolute Gasteiger partial charge is 0.256 e. The Morgan fingerprint density at radius 2 is 1.81 bits per heavy atom. The molecule has 0 heterocycles. The van der Waals surface area contributed by atoms with Gasteiger partial charge in [-0.2, -0.15) is 0 Å². The van der Waals surface area contributed by atoms with Crippen LogP contribution in [0.2, 0.25) is 0 Å². The highest BCUT2D eigenvalue weighted by Gasteiger charge is 2.18. The first-order chi connectivity index (χ1) is 10.0. The van der Waals surface area contributed by atoms with Crippen LogP contribution in [0.15, 0.2) is 18.2 Å². The summed E-state index contributed by atoms with van der Waals surface area (Å²) in [6.07, 6.45) is 0.862. The number of amides is 1. The van der Waals surface area contributed by atoms with E-state index in [1.807, 2.05) is 6.92 Å². The Balaban J connectivity index is 2.64. The Bertz CT molecular complexity index is 462. The molecule has 1 aromatic rings. The molecule has 4 nitrogen and oxygen atoms in total. The van der Waals surface area contributed by atoms with Gasteiger partial charge in [0, 0.05) is 19.2 Å². The van der Waals surface area contributed by atoms with Crippen molar-refractivity contribution >= 4 is 5.91 Å². The first-order valence-electron chi connectivity index (χ1n) is 7.53. The highest BCUT2D eigenvalue weighted by atomic mass is 19.1. The molecule has 0 atom stereocenters. The molecular formula is C16H25FN2O2. The number of phenolic OH excluding ortho intramolecular Hbond substituents is 1. The molecule has 1 N–H and O–H groups in total. The number of benzene rings is 1. The van der Waals surface area contributed by atoms with E-state index in [0.717, 1.165) is 32.1 Å². The minimum atomic E-state index is -0.679. The van der Waals surface area contributed by atoms with Crippen LogP contribution in [0.1, 0.15) is 37.6 Å². The Hall–Kier alpha value is -1.62. The molecule has 5 heteroatoms. The van der Waals surface area contributed by atoms with Crippen LogP contribution in [0.3, 0.4) is 0 Å². The number of rotatable bonds is 8. The van der Waals surface area contributed by atoms with Gasteiger partial charge in [-0.25, -0.2) is 4.39 Å². The fourth-order valence-corrected chi connectivity index (χ4v) is 2.28. The predicted molar refractivity (Wildman–Crippen MR) is 82.0 cm³/mol.